The highest BCUT2D eigenvalue weighted by Gasteiger charge is 2.08. The summed E-state index contributed by atoms with van der Waals surface area (Å²) in [6.07, 6.45) is 3.33. The second-order valence-corrected chi connectivity index (χ2v) is 3.73. The molecular weight excluding hydrogens is 202 g/mol. The lowest BCUT2D eigenvalue weighted by Gasteiger charge is -2.06. The molecule has 2 N–H and O–H groups in total. The number of aromatic nitrogens is 2. The van der Waals surface area contributed by atoms with E-state index < -0.39 is 5.91 Å². The number of nitrogens with zero attached hydrogens (tertiary/aromatic N) is 2. The highest BCUT2D eigenvalue weighted by Crippen LogP contribution is 2.07. The van der Waals surface area contributed by atoms with Gasteiger partial charge < -0.3 is 10.3 Å². The molecule has 1 heterocycles. The van der Waals surface area contributed by atoms with Crippen LogP contribution in [0.3, 0.4) is 0 Å². The van der Waals surface area contributed by atoms with Gasteiger partial charge in [0, 0.05) is 18.9 Å². The lowest BCUT2D eigenvalue weighted by atomic mass is 10.1. The molecule has 16 heavy (non-hydrogen) atoms. The summed E-state index contributed by atoms with van der Waals surface area (Å²) in [4.78, 5) is 15.0. The number of nitrogens with two attached hydrogens (primary N) is 1. The van der Waals surface area contributed by atoms with Crippen molar-refractivity contribution in [2.75, 3.05) is 0 Å². The number of amides is 1. The monoisotopic (exact) mass is 215 g/mol. The third-order valence-corrected chi connectivity index (χ3v) is 2.37. The van der Waals surface area contributed by atoms with Crippen molar-refractivity contribution in [3.63, 3.8) is 0 Å². The Balaban J connectivity index is 2.27. The van der Waals surface area contributed by atoms with Gasteiger partial charge in [-0.05, 0) is 12.5 Å². The average Bonchev–Trinajstić information content (AvgIpc) is 2.66. The van der Waals surface area contributed by atoms with Gasteiger partial charge in [-0.15, -0.1) is 0 Å². The summed E-state index contributed by atoms with van der Waals surface area (Å²) in [5.74, 6) is -0.209. The summed E-state index contributed by atoms with van der Waals surface area (Å²) >= 11 is 0. The van der Waals surface area contributed by atoms with Crippen molar-refractivity contribution in [1.82, 2.24) is 9.55 Å². The number of imidazole rings is 1. The van der Waals surface area contributed by atoms with Gasteiger partial charge in [-0.3, -0.25) is 4.79 Å². The molecule has 1 aromatic carbocycles. The Morgan fingerprint density at radius 3 is 3.00 bits per heavy atom. The first-order chi connectivity index (χ1) is 7.66. The lowest BCUT2D eigenvalue weighted by Crippen LogP contribution is -2.18. The summed E-state index contributed by atoms with van der Waals surface area (Å²) < 4.78 is 1.75. The molecule has 0 aliphatic heterocycles. The van der Waals surface area contributed by atoms with Crippen LogP contribution in [0.1, 0.15) is 21.7 Å². The van der Waals surface area contributed by atoms with Crippen LogP contribution in [0, 0.1) is 6.92 Å². The molecule has 0 saturated carbocycles. The van der Waals surface area contributed by atoms with Crippen molar-refractivity contribution in [2.24, 2.45) is 5.73 Å². The fourth-order valence-electron chi connectivity index (χ4n) is 1.67. The molecule has 0 spiro atoms. The van der Waals surface area contributed by atoms with Crippen molar-refractivity contribution in [3.8, 4) is 0 Å². The van der Waals surface area contributed by atoms with Crippen molar-refractivity contribution in [1.29, 1.82) is 0 Å². The number of carbonyl (C=O) groups is 1. The Hall–Kier alpha value is -2.10. The molecule has 4 nitrogen and oxygen atoms in total. The third kappa shape index (κ3) is 2.11. The molecule has 2 rings (SSSR count). The van der Waals surface area contributed by atoms with E-state index in [4.69, 9.17) is 5.73 Å². The van der Waals surface area contributed by atoms with Gasteiger partial charge in [0.25, 0.3) is 5.91 Å². The standard InChI is InChI=1S/C12H13N3O/c1-9-3-2-4-10(7-9)8-15-6-5-14-12(15)11(13)16/h2-7H,8H2,1H3,(H2,13,16). The second kappa shape index (κ2) is 4.18. The summed E-state index contributed by atoms with van der Waals surface area (Å²) in [5.41, 5.74) is 7.54. The normalized spacial score (nSPS) is 10.3. The van der Waals surface area contributed by atoms with Crippen LogP contribution in [0.25, 0.3) is 0 Å². The predicted octanol–water partition coefficient (Wildman–Crippen LogP) is 1.34. The van der Waals surface area contributed by atoms with Crippen LogP contribution in [0.5, 0.6) is 0 Å². The van der Waals surface area contributed by atoms with Crippen molar-refractivity contribution in [2.45, 2.75) is 13.5 Å². The summed E-state index contributed by atoms with van der Waals surface area (Å²) in [7, 11) is 0. The molecule has 0 atom stereocenters. The quantitative estimate of drug-likeness (QED) is 0.839. The average molecular weight is 215 g/mol. The van der Waals surface area contributed by atoms with Gasteiger partial charge in [-0.25, -0.2) is 4.98 Å². The molecule has 0 aliphatic rings. The predicted molar refractivity (Wildman–Crippen MR) is 61.0 cm³/mol. The van der Waals surface area contributed by atoms with Gasteiger partial charge in [-0.2, -0.15) is 0 Å². The molecule has 82 valence electrons. The van der Waals surface area contributed by atoms with E-state index in [2.05, 4.69) is 11.1 Å². The van der Waals surface area contributed by atoms with Gasteiger partial charge in [0.2, 0.25) is 0 Å². The van der Waals surface area contributed by atoms with Gasteiger partial charge in [0.05, 0.1) is 0 Å². The molecule has 0 unspecified atom stereocenters. The highest BCUT2D eigenvalue weighted by atomic mass is 16.1. The van der Waals surface area contributed by atoms with Crippen LogP contribution in [-0.4, -0.2) is 15.5 Å². The number of hydrogen-bond donors (Lipinski definition) is 1. The summed E-state index contributed by atoms with van der Waals surface area (Å²) in [6, 6.07) is 8.11. The maximum atomic E-state index is 11.1. The minimum atomic E-state index is -0.502. The first-order valence-corrected chi connectivity index (χ1v) is 5.03. The zero-order valence-corrected chi connectivity index (χ0v) is 9.05. The first kappa shape index (κ1) is 10.4. The van der Waals surface area contributed by atoms with E-state index in [1.54, 1.807) is 17.0 Å². The van der Waals surface area contributed by atoms with E-state index >= 15 is 0 Å². The minimum Gasteiger partial charge on any atom is -0.363 e. The van der Waals surface area contributed by atoms with Gasteiger partial charge in [-0.1, -0.05) is 29.8 Å². The van der Waals surface area contributed by atoms with Crippen LogP contribution in [0.4, 0.5) is 0 Å². The van der Waals surface area contributed by atoms with Gasteiger partial charge in [0.15, 0.2) is 5.82 Å². The smallest absolute Gasteiger partial charge is 0.284 e. The number of rotatable bonds is 3. The van der Waals surface area contributed by atoms with Crippen molar-refractivity contribution in [3.05, 3.63) is 53.6 Å². The fraction of sp³-hybridized carbons (Fsp3) is 0.167. The Morgan fingerprint density at radius 1 is 1.50 bits per heavy atom. The molecule has 0 radical (unpaired) electrons. The van der Waals surface area contributed by atoms with Crippen molar-refractivity contribution >= 4 is 5.91 Å². The number of benzene rings is 1. The summed E-state index contributed by atoms with van der Waals surface area (Å²) in [5, 5.41) is 0. The van der Waals surface area contributed by atoms with E-state index in [9.17, 15) is 4.79 Å². The number of carbonyl (C=O) groups excluding carboxylic acids is 1. The topological polar surface area (TPSA) is 60.9 Å². The number of hydrogen-bond acceptors (Lipinski definition) is 2. The van der Waals surface area contributed by atoms with Gasteiger partial charge in [0.1, 0.15) is 0 Å². The molecular formula is C12H13N3O. The second-order valence-electron chi connectivity index (χ2n) is 3.73. The van der Waals surface area contributed by atoms with E-state index in [0.29, 0.717) is 12.4 Å². The van der Waals surface area contributed by atoms with E-state index in [1.807, 2.05) is 25.1 Å². The third-order valence-electron chi connectivity index (χ3n) is 2.37. The SMILES string of the molecule is Cc1cccc(Cn2ccnc2C(N)=O)c1. The van der Waals surface area contributed by atoms with Crippen LogP contribution < -0.4 is 5.73 Å². The molecule has 4 heteroatoms. The molecule has 0 bridgehead atoms. The van der Waals surface area contributed by atoms with E-state index in [1.165, 1.54) is 5.56 Å². The van der Waals surface area contributed by atoms with E-state index in [0.717, 1.165) is 5.56 Å². The molecule has 0 fully saturated rings. The summed E-state index contributed by atoms with van der Waals surface area (Å²) in [6.45, 7) is 2.65. The Kier molecular flexibility index (Phi) is 2.72. The van der Waals surface area contributed by atoms with E-state index in [-0.39, 0.29) is 0 Å². The zero-order chi connectivity index (χ0) is 11.5. The van der Waals surface area contributed by atoms with Gasteiger partial charge >= 0.3 is 0 Å². The fourth-order valence-corrected chi connectivity index (χ4v) is 1.67. The Labute approximate surface area is 93.7 Å². The lowest BCUT2D eigenvalue weighted by molar-refractivity contribution is 0.0987. The highest BCUT2D eigenvalue weighted by molar-refractivity contribution is 5.89. The van der Waals surface area contributed by atoms with Crippen LogP contribution in [-0.2, 0) is 6.54 Å². The molecule has 0 aliphatic carbocycles. The number of aryl methyl sites for hydroxylation is 1. The Morgan fingerprint density at radius 2 is 2.31 bits per heavy atom. The van der Waals surface area contributed by atoms with Crippen LogP contribution >= 0.6 is 0 Å². The largest absolute Gasteiger partial charge is 0.363 e. The maximum absolute atomic E-state index is 11.1. The molecule has 1 aromatic heterocycles. The molecule has 2 aromatic rings. The number of primary amides is 1. The molecule has 0 saturated heterocycles. The maximum Gasteiger partial charge on any atom is 0.284 e. The molecule has 1 amide bonds. The Bertz CT molecular complexity index is 516. The first-order valence-electron chi connectivity index (χ1n) is 5.03. The van der Waals surface area contributed by atoms with Crippen LogP contribution in [0.2, 0.25) is 0 Å². The van der Waals surface area contributed by atoms with Crippen molar-refractivity contribution < 1.29 is 4.79 Å². The van der Waals surface area contributed by atoms with Crippen LogP contribution in [0.15, 0.2) is 36.7 Å². The minimum absolute atomic E-state index is 0.293. The zero-order valence-electron chi connectivity index (χ0n) is 9.05.